The third kappa shape index (κ3) is 5.56. The number of hydrogen-bond donors (Lipinski definition) is 2. The number of ether oxygens (including phenoxy) is 1. The monoisotopic (exact) mass is 580 g/mol. The molecule has 3 fully saturated rings. The molecule has 41 heavy (non-hydrogen) atoms. The lowest BCUT2D eigenvalue weighted by Gasteiger charge is -2.37. The molecule has 2 saturated carbocycles. The van der Waals surface area contributed by atoms with Crippen molar-refractivity contribution >= 4 is 40.3 Å². The van der Waals surface area contributed by atoms with Gasteiger partial charge in [0.25, 0.3) is 0 Å². The van der Waals surface area contributed by atoms with Gasteiger partial charge >= 0.3 is 5.97 Å². The zero-order valence-electron chi connectivity index (χ0n) is 24.2. The maximum atomic E-state index is 13.7. The fourth-order valence-electron chi connectivity index (χ4n) is 7.03. The summed E-state index contributed by atoms with van der Waals surface area (Å²) in [6, 6.07) is 9.30. The van der Waals surface area contributed by atoms with Gasteiger partial charge in [-0.1, -0.05) is 63.4 Å². The van der Waals surface area contributed by atoms with Crippen LogP contribution in [-0.4, -0.2) is 68.0 Å². The molecule has 1 amide bonds. The van der Waals surface area contributed by atoms with Gasteiger partial charge in [0.05, 0.1) is 29.9 Å². The van der Waals surface area contributed by atoms with Crippen molar-refractivity contribution in [2.75, 3.05) is 12.3 Å². The van der Waals surface area contributed by atoms with Crippen LogP contribution >= 0.6 is 11.8 Å². The van der Waals surface area contributed by atoms with Crippen LogP contribution in [0.15, 0.2) is 59.1 Å². The number of allylic oxidation sites excluding steroid dienone is 1. The van der Waals surface area contributed by atoms with Crippen LogP contribution in [0, 0.1) is 29.1 Å². The van der Waals surface area contributed by atoms with Crippen LogP contribution in [0.4, 0.5) is 5.69 Å². The lowest BCUT2D eigenvalue weighted by atomic mass is 9.77. The average Bonchev–Trinajstić information content (AvgIpc) is 3.13. The first-order valence-electron chi connectivity index (χ1n) is 14.4. The maximum Gasteiger partial charge on any atom is 0.308 e. The van der Waals surface area contributed by atoms with E-state index in [1.807, 2.05) is 36.4 Å². The molecule has 220 valence electrons. The third-order valence-electron chi connectivity index (χ3n) is 9.60. The molecule has 4 aliphatic rings. The molecule has 2 N–H and O–H groups in total. The van der Waals surface area contributed by atoms with Gasteiger partial charge in [0.2, 0.25) is 5.91 Å². The zero-order chi connectivity index (χ0) is 29.7. The summed E-state index contributed by atoms with van der Waals surface area (Å²) in [7, 11) is 0. The number of para-hydroxylation sites is 1. The van der Waals surface area contributed by atoms with Crippen molar-refractivity contribution in [2.45, 2.75) is 71.2 Å². The second-order valence-electron chi connectivity index (χ2n) is 12.7. The van der Waals surface area contributed by atoms with Crippen molar-refractivity contribution in [3.63, 3.8) is 0 Å². The third-order valence-corrected chi connectivity index (χ3v) is 10.6. The smallest absolute Gasteiger partial charge is 0.308 e. The maximum absolute atomic E-state index is 13.7. The van der Waals surface area contributed by atoms with Crippen LogP contribution in [-0.2, 0) is 19.1 Å². The van der Waals surface area contributed by atoms with Crippen LogP contribution in [0.1, 0.15) is 53.4 Å². The Hall–Kier alpha value is -2.75. The number of aliphatic imine (C=N–C) groups is 1. The molecule has 1 aromatic rings. The van der Waals surface area contributed by atoms with E-state index in [1.165, 1.54) is 16.7 Å². The predicted molar refractivity (Wildman–Crippen MR) is 158 cm³/mol. The lowest BCUT2D eigenvalue weighted by Crippen LogP contribution is -2.52. The minimum absolute atomic E-state index is 0.0248. The summed E-state index contributed by atoms with van der Waals surface area (Å²) in [5.74, 6) is -1.76. The molecule has 3 aliphatic carbocycles. The van der Waals surface area contributed by atoms with Crippen molar-refractivity contribution in [1.82, 2.24) is 4.90 Å². The van der Waals surface area contributed by atoms with Crippen LogP contribution in [0.5, 0.6) is 0 Å². The van der Waals surface area contributed by atoms with E-state index in [4.69, 9.17) is 4.74 Å². The standard InChI is InChI=1S/C32H40N2O6S/c1-18-11-12-22-23(31(22,4)5)15-19(2)29(38)32(39)16-20(3)27(37)26(32)28(18)40-25(36)13-14-34-24(35)17-41-30(34)33-21-9-7-6-8-10-21/h6-10,15,20,22-23,26-28,37,39H,1,11-14,16-17H2,2-5H3/b19-15+,33-30?/t20-,22-,23+,26+,27-,28-,32+/m0/s1. The number of Topliss-reactive ketones (excluding diaryl/α,β-unsaturated/α-hetero) is 1. The van der Waals surface area contributed by atoms with Crippen molar-refractivity contribution in [2.24, 2.45) is 34.1 Å². The molecule has 0 unspecified atom stereocenters. The quantitative estimate of drug-likeness (QED) is 0.391. The number of fused-ring (bicyclic) bond motifs is 2. The Labute approximate surface area is 245 Å². The first-order valence-corrected chi connectivity index (χ1v) is 15.4. The van der Waals surface area contributed by atoms with Crippen LogP contribution in [0.25, 0.3) is 0 Å². The Bertz CT molecular complexity index is 1310. The van der Waals surface area contributed by atoms with E-state index in [9.17, 15) is 24.6 Å². The number of ketones is 1. The van der Waals surface area contributed by atoms with Crippen LogP contribution in [0.2, 0.25) is 0 Å². The Morgan fingerprint density at radius 1 is 1.24 bits per heavy atom. The average molecular weight is 581 g/mol. The van der Waals surface area contributed by atoms with Gasteiger partial charge in [0.15, 0.2) is 11.0 Å². The number of aliphatic hydroxyl groups is 2. The van der Waals surface area contributed by atoms with Gasteiger partial charge in [-0.25, -0.2) is 4.99 Å². The molecule has 7 atom stereocenters. The van der Waals surface area contributed by atoms with Gasteiger partial charge in [-0.2, -0.15) is 0 Å². The van der Waals surface area contributed by atoms with Gasteiger partial charge in [-0.15, -0.1) is 0 Å². The number of benzene rings is 1. The largest absolute Gasteiger partial charge is 0.457 e. The summed E-state index contributed by atoms with van der Waals surface area (Å²) in [5.41, 5.74) is -0.0833. The lowest BCUT2D eigenvalue weighted by molar-refractivity contribution is -0.163. The number of thioether (sulfide) groups is 1. The van der Waals surface area contributed by atoms with Gasteiger partial charge in [-0.05, 0) is 72.6 Å². The fourth-order valence-corrected chi connectivity index (χ4v) is 7.95. The Morgan fingerprint density at radius 3 is 2.66 bits per heavy atom. The fraction of sp³-hybridized carbons (Fsp3) is 0.562. The van der Waals surface area contributed by atoms with Crippen molar-refractivity contribution in [3.05, 3.63) is 54.1 Å². The Morgan fingerprint density at radius 2 is 1.95 bits per heavy atom. The first kappa shape index (κ1) is 29.7. The van der Waals surface area contributed by atoms with Crippen molar-refractivity contribution < 1.29 is 29.3 Å². The molecule has 1 aliphatic heterocycles. The zero-order valence-corrected chi connectivity index (χ0v) is 25.0. The molecule has 1 aromatic carbocycles. The van der Waals surface area contributed by atoms with Crippen LogP contribution < -0.4 is 0 Å². The van der Waals surface area contributed by atoms with E-state index in [2.05, 4.69) is 25.4 Å². The molecular formula is C32H40N2O6S. The van der Waals surface area contributed by atoms with E-state index >= 15 is 0 Å². The number of rotatable bonds is 5. The summed E-state index contributed by atoms with van der Waals surface area (Å²) >= 11 is 1.32. The highest BCUT2D eigenvalue weighted by Gasteiger charge is 2.61. The number of hydrogen-bond acceptors (Lipinski definition) is 8. The molecule has 0 spiro atoms. The van der Waals surface area contributed by atoms with Gasteiger partial charge in [-0.3, -0.25) is 19.3 Å². The number of esters is 1. The van der Waals surface area contributed by atoms with E-state index < -0.39 is 35.5 Å². The molecule has 0 radical (unpaired) electrons. The second kappa shape index (κ2) is 11.2. The summed E-state index contributed by atoms with van der Waals surface area (Å²) in [4.78, 5) is 45.7. The highest BCUT2D eigenvalue weighted by atomic mass is 32.2. The number of nitrogens with zero attached hydrogens (tertiary/aromatic N) is 2. The number of aliphatic hydroxyl groups excluding tert-OH is 1. The number of carbonyl (C=O) groups excluding carboxylic acids is 3. The topological polar surface area (TPSA) is 117 Å². The van der Waals surface area contributed by atoms with Gasteiger partial charge in [0.1, 0.15) is 11.7 Å². The first-order chi connectivity index (χ1) is 19.3. The number of carbonyl (C=O) groups is 3. The summed E-state index contributed by atoms with van der Waals surface area (Å²) in [5, 5.41) is 23.7. The highest BCUT2D eigenvalue weighted by Crippen LogP contribution is 2.62. The van der Waals surface area contributed by atoms with E-state index in [0.717, 1.165) is 6.42 Å². The number of amides is 1. The molecule has 5 rings (SSSR count). The Balaban J connectivity index is 1.37. The van der Waals surface area contributed by atoms with Crippen molar-refractivity contribution in [3.8, 4) is 0 Å². The summed E-state index contributed by atoms with van der Waals surface area (Å²) in [6.45, 7) is 12.2. The number of amidine groups is 1. The molecular weight excluding hydrogens is 540 g/mol. The molecule has 1 heterocycles. The van der Waals surface area contributed by atoms with Gasteiger partial charge < -0.3 is 14.9 Å². The summed E-state index contributed by atoms with van der Waals surface area (Å²) < 4.78 is 5.99. The van der Waals surface area contributed by atoms with E-state index in [-0.39, 0.29) is 48.3 Å². The van der Waals surface area contributed by atoms with Crippen molar-refractivity contribution in [1.29, 1.82) is 0 Å². The molecule has 8 nitrogen and oxygen atoms in total. The van der Waals surface area contributed by atoms with Gasteiger partial charge in [0, 0.05) is 6.54 Å². The summed E-state index contributed by atoms with van der Waals surface area (Å²) in [6.07, 6.45) is 1.20. The Kier molecular flexibility index (Phi) is 8.09. The highest BCUT2D eigenvalue weighted by molar-refractivity contribution is 8.15. The molecule has 0 aromatic heterocycles. The second-order valence-corrected chi connectivity index (χ2v) is 13.6. The SMILES string of the molecule is C=C1CC[C@H]2[C@@H](/C=C(\C)C(=O)[C@@]3(O)C[C@H](C)[C@H](O)[C@@H]3[C@H]1OC(=O)CCN1C(=O)CSC1=Nc1ccccc1)C2(C)C. The van der Waals surface area contributed by atoms with E-state index in [0.29, 0.717) is 34.3 Å². The predicted octanol–water partition coefficient (Wildman–Crippen LogP) is 4.44. The minimum atomic E-state index is -1.89. The normalized spacial score (nSPS) is 37.2. The van der Waals surface area contributed by atoms with E-state index in [1.54, 1.807) is 13.8 Å². The van der Waals surface area contributed by atoms with Crippen LogP contribution in [0.3, 0.4) is 0 Å². The molecule has 9 heteroatoms. The molecule has 1 saturated heterocycles. The molecule has 0 bridgehead atoms. The minimum Gasteiger partial charge on any atom is -0.457 e.